The van der Waals surface area contributed by atoms with E-state index in [4.69, 9.17) is 25.3 Å². The van der Waals surface area contributed by atoms with Crippen LogP contribution < -0.4 is 16.2 Å². The van der Waals surface area contributed by atoms with Gasteiger partial charge in [-0.1, -0.05) is 0 Å². The Morgan fingerprint density at radius 2 is 1.65 bits per heavy atom. The number of hydrogen-bond acceptors (Lipinski definition) is 7. The first-order valence-corrected chi connectivity index (χ1v) is 11.5. The zero-order chi connectivity index (χ0) is 24.6. The van der Waals surface area contributed by atoms with E-state index in [-0.39, 0.29) is 17.5 Å². The molecule has 1 aromatic heterocycles. The fourth-order valence-electron chi connectivity index (χ4n) is 1.83. The van der Waals surface area contributed by atoms with Gasteiger partial charge in [-0.15, -0.1) is 0 Å². The number of carbonyl (C=O) groups is 1. The van der Waals surface area contributed by atoms with Gasteiger partial charge in [0, 0.05) is 5.69 Å². The van der Waals surface area contributed by atoms with E-state index < -0.39 is 32.0 Å². The van der Waals surface area contributed by atoms with Gasteiger partial charge in [-0.25, -0.2) is 9.37 Å². The van der Waals surface area contributed by atoms with Crippen LogP contribution in [0.4, 0.5) is 4.39 Å². The number of aromatic amines is 1. The topological polar surface area (TPSA) is 228 Å². The molecule has 2 rings (SSSR count). The number of nitrogens with one attached hydrogen (secondary N) is 1. The summed E-state index contributed by atoms with van der Waals surface area (Å²) in [5, 5.41) is 0. The number of aromatic nitrogens is 2. The van der Waals surface area contributed by atoms with Crippen molar-refractivity contribution < 1.29 is 39.9 Å². The largest absolute Gasteiger partial charge is 0.496 e. The van der Waals surface area contributed by atoms with Crippen LogP contribution in [0.2, 0.25) is 0 Å². The normalized spacial score (nSPS) is 10.7. The number of amides is 1. The SMILES string of the molecule is COc1ccc(F)cc1-c1nc(C(=O)N=C(N)N)c(C)[nH]1.CS(=O)(=O)O.CS(=O)(=O)O. The lowest BCUT2D eigenvalue weighted by Crippen LogP contribution is -2.24. The van der Waals surface area contributed by atoms with Crippen LogP contribution in [0.1, 0.15) is 16.2 Å². The summed E-state index contributed by atoms with van der Waals surface area (Å²) in [6, 6.07) is 4.00. The molecule has 13 nitrogen and oxygen atoms in total. The maximum Gasteiger partial charge on any atom is 0.300 e. The number of nitrogens with two attached hydrogens (primary N) is 2. The molecule has 0 aliphatic rings. The van der Waals surface area contributed by atoms with Gasteiger partial charge in [0.1, 0.15) is 17.4 Å². The Morgan fingerprint density at radius 3 is 2.06 bits per heavy atom. The smallest absolute Gasteiger partial charge is 0.300 e. The van der Waals surface area contributed by atoms with Gasteiger partial charge in [-0.3, -0.25) is 13.9 Å². The van der Waals surface area contributed by atoms with Gasteiger partial charge in [-0.2, -0.15) is 21.8 Å². The van der Waals surface area contributed by atoms with Gasteiger partial charge in [0.05, 0.1) is 25.2 Å². The van der Waals surface area contributed by atoms with Crippen LogP contribution in [0.15, 0.2) is 23.2 Å². The van der Waals surface area contributed by atoms with Crippen molar-refractivity contribution in [3.8, 4) is 17.1 Å². The van der Waals surface area contributed by atoms with Gasteiger partial charge in [0.2, 0.25) is 0 Å². The van der Waals surface area contributed by atoms with Crippen molar-refractivity contribution in [2.45, 2.75) is 6.92 Å². The van der Waals surface area contributed by atoms with Crippen molar-refractivity contribution in [3.05, 3.63) is 35.4 Å². The molecule has 0 saturated carbocycles. The molecule has 1 aromatic carbocycles. The number of imidazole rings is 1. The van der Waals surface area contributed by atoms with Crippen LogP contribution in [0.25, 0.3) is 11.4 Å². The third kappa shape index (κ3) is 13.0. The fourth-order valence-corrected chi connectivity index (χ4v) is 1.83. The Hall–Kier alpha value is -3.08. The predicted octanol–water partition coefficient (Wildman–Crippen LogP) is -0.0456. The van der Waals surface area contributed by atoms with E-state index in [9.17, 15) is 26.0 Å². The van der Waals surface area contributed by atoms with E-state index in [0.717, 1.165) is 0 Å². The molecule has 0 spiro atoms. The third-order valence-electron chi connectivity index (χ3n) is 2.73. The Bertz CT molecular complexity index is 1110. The monoisotopic (exact) mass is 483 g/mol. The number of H-pyrrole nitrogens is 1. The van der Waals surface area contributed by atoms with Crippen molar-refractivity contribution in [3.63, 3.8) is 0 Å². The highest BCUT2D eigenvalue weighted by molar-refractivity contribution is 7.85. The van der Waals surface area contributed by atoms with Crippen LogP contribution in [-0.2, 0) is 20.2 Å². The molecule has 0 fully saturated rings. The quantitative estimate of drug-likeness (QED) is 0.221. The van der Waals surface area contributed by atoms with Crippen LogP contribution in [-0.4, -0.2) is 67.4 Å². The lowest BCUT2D eigenvalue weighted by atomic mass is 10.2. The summed E-state index contributed by atoms with van der Waals surface area (Å²) < 4.78 is 70.3. The molecule has 2 aromatic rings. The second-order valence-electron chi connectivity index (χ2n) is 5.71. The average Bonchev–Trinajstić information content (AvgIpc) is 2.93. The van der Waals surface area contributed by atoms with Crippen LogP contribution in [0.3, 0.4) is 0 Å². The number of carbonyl (C=O) groups excluding carboxylic acids is 1. The Balaban J connectivity index is 0.000000752. The van der Waals surface area contributed by atoms with E-state index in [2.05, 4.69) is 15.0 Å². The first-order valence-electron chi connectivity index (χ1n) is 7.81. The highest BCUT2D eigenvalue weighted by Crippen LogP contribution is 2.29. The molecule has 1 heterocycles. The molecule has 174 valence electrons. The lowest BCUT2D eigenvalue weighted by molar-refractivity contribution is 0.0998. The van der Waals surface area contributed by atoms with Crippen LogP contribution in [0.5, 0.6) is 5.75 Å². The molecule has 7 N–H and O–H groups in total. The van der Waals surface area contributed by atoms with Gasteiger partial charge >= 0.3 is 5.91 Å². The molecule has 0 aliphatic carbocycles. The van der Waals surface area contributed by atoms with Crippen molar-refractivity contribution >= 4 is 32.1 Å². The zero-order valence-electron chi connectivity index (χ0n) is 16.8. The maximum absolute atomic E-state index is 13.4. The second kappa shape index (κ2) is 11.3. The van der Waals surface area contributed by atoms with E-state index >= 15 is 0 Å². The number of benzene rings is 1. The lowest BCUT2D eigenvalue weighted by Gasteiger charge is -2.05. The van der Waals surface area contributed by atoms with E-state index in [0.29, 0.717) is 29.5 Å². The first-order chi connectivity index (χ1) is 13.9. The summed E-state index contributed by atoms with van der Waals surface area (Å²) in [5.74, 6) is -0.765. The van der Waals surface area contributed by atoms with Crippen molar-refractivity contribution in [2.24, 2.45) is 16.5 Å². The summed E-state index contributed by atoms with van der Waals surface area (Å²) in [4.78, 5) is 22.2. The molecule has 0 bridgehead atoms. The van der Waals surface area contributed by atoms with Gasteiger partial charge in [0.15, 0.2) is 11.7 Å². The van der Waals surface area contributed by atoms with Crippen LogP contribution in [0, 0.1) is 12.7 Å². The Labute approximate surface area is 177 Å². The van der Waals surface area contributed by atoms with Gasteiger partial charge in [-0.05, 0) is 25.1 Å². The third-order valence-corrected chi connectivity index (χ3v) is 2.73. The minimum absolute atomic E-state index is 0.0599. The molecular formula is C15H22FN5O8S2. The van der Waals surface area contributed by atoms with Crippen molar-refractivity contribution in [1.29, 1.82) is 0 Å². The van der Waals surface area contributed by atoms with Crippen molar-refractivity contribution in [1.82, 2.24) is 9.97 Å². The standard InChI is InChI=1S/C13H14FN5O2.2CH4O3S/c1-6-10(12(20)19-13(15)16)18-11(17-6)8-5-7(14)3-4-9(8)21-2;2*1-5(2,3)4/h3-5H,1-2H3,(H,17,18)(H4,15,16,19,20);2*1H3,(H,2,3,4). The molecule has 1 amide bonds. The number of aryl methyl sites for hydroxylation is 1. The summed E-state index contributed by atoms with van der Waals surface area (Å²) in [6.07, 6.45) is 1.43. The van der Waals surface area contributed by atoms with E-state index in [1.807, 2.05) is 0 Å². The molecular weight excluding hydrogens is 461 g/mol. The number of nitrogens with zero attached hydrogens (tertiary/aromatic N) is 2. The average molecular weight is 484 g/mol. The number of rotatable bonds is 3. The van der Waals surface area contributed by atoms with Crippen LogP contribution >= 0.6 is 0 Å². The predicted molar refractivity (Wildman–Crippen MR) is 110 cm³/mol. The highest BCUT2D eigenvalue weighted by atomic mass is 32.2. The minimum Gasteiger partial charge on any atom is -0.496 e. The zero-order valence-corrected chi connectivity index (χ0v) is 18.5. The second-order valence-corrected chi connectivity index (χ2v) is 8.64. The molecule has 0 saturated heterocycles. The summed E-state index contributed by atoms with van der Waals surface area (Å²) in [7, 11) is -5.88. The first kappa shape index (κ1) is 27.9. The number of methoxy groups -OCH3 is 1. The van der Waals surface area contributed by atoms with Crippen molar-refractivity contribution in [2.75, 3.05) is 19.6 Å². The van der Waals surface area contributed by atoms with E-state index in [1.165, 1.54) is 25.3 Å². The Morgan fingerprint density at radius 1 is 1.16 bits per heavy atom. The number of ether oxygens (including phenoxy) is 1. The summed E-state index contributed by atoms with van der Waals surface area (Å²) >= 11 is 0. The molecule has 0 unspecified atom stereocenters. The number of guanidine groups is 1. The molecule has 0 atom stereocenters. The fraction of sp³-hybridized carbons (Fsp3) is 0.267. The number of hydrogen-bond donors (Lipinski definition) is 5. The minimum atomic E-state index is -3.67. The molecule has 31 heavy (non-hydrogen) atoms. The van der Waals surface area contributed by atoms with Gasteiger partial charge < -0.3 is 21.2 Å². The molecule has 0 radical (unpaired) electrons. The number of aliphatic imine (C=N–C) groups is 1. The maximum atomic E-state index is 13.4. The van der Waals surface area contributed by atoms with E-state index in [1.54, 1.807) is 6.92 Å². The highest BCUT2D eigenvalue weighted by Gasteiger charge is 2.18. The Kier molecular flexibility index (Phi) is 10.2. The van der Waals surface area contributed by atoms with Gasteiger partial charge in [0.25, 0.3) is 20.2 Å². The number of halogens is 1. The summed E-state index contributed by atoms with van der Waals surface area (Å²) in [5.41, 5.74) is 11.2. The molecule has 16 heteroatoms. The molecule has 0 aliphatic heterocycles. The summed E-state index contributed by atoms with van der Waals surface area (Å²) in [6.45, 7) is 1.64.